The molecular formula is C22H24F2N6O2. The van der Waals surface area contributed by atoms with Crippen molar-refractivity contribution in [1.29, 1.82) is 0 Å². The Morgan fingerprint density at radius 3 is 2.53 bits per heavy atom. The highest BCUT2D eigenvalue weighted by molar-refractivity contribution is 5.96. The monoisotopic (exact) mass is 442 g/mol. The minimum atomic E-state index is -0.692. The molecule has 1 amide bonds. The van der Waals surface area contributed by atoms with Gasteiger partial charge in [0.15, 0.2) is 0 Å². The Labute approximate surface area is 184 Å². The van der Waals surface area contributed by atoms with Crippen LogP contribution in [0.15, 0.2) is 42.7 Å². The van der Waals surface area contributed by atoms with Crippen LogP contribution in [0.25, 0.3) is 5.69 Å². The molecule has 2 aromatic carbocycles. The molecule has 2 aliphatic heterocycles. The second-order valence-electron chi connectivity index (χ2n) is 8.03. The van der Waals surface area contributed by atoms with Crippen molar-refractivity contribution < 1.29 is 19.7 Å². The molecule has 0 spiro atoms. The fourth-order valence-corrected chi connectivity index (χ4v) is 3.95. The van der Waals surface area contributed by atoms with Gasteiger partial charge in [-0.2, -0.15) is 4.98 Å². The Balaban J connectivity index is 0.00000259. The minimum absolute atomic E-state index is 0. The van der Waals surface area contributed by atoms with E-state index in [4.69, 9.17) is 4.74 Å². The second kappa shape index (κ2) is 8.29. The quantitative estimate of drug-likeness (QED) is 0.655. The molecule has 0 saturated carbocycles. The maximum Gasteiger partial charge on any atom is 0.246 e. The van der Waals surface area contributed by atoms with Gasteiger partial charge in [0.25, 0.3) is 0 Å². The van der Waals surface area contributed by atoms with Gasteiger partial charge in [0.1, 0.15) is 18.0 Å². The topological polar surface area (TPSA) is 75.5 Å². The number of hydrogen-bond acceptors (Lipinski definition) is 6. The third-order valence-electron chi connectivity index (χ3n) is 5.62. The van der Waals surface area contributed by atoms with E-state index in [1.165, 1.54) is 23.1 Å². The molecule has 1 N–H and O–H groups in total. The van der Waals surface area contributed by atoms with Crippen molar-refractivity contribution in [2.24, 2.45) is 0 Å². The first kappa shape index (κ1) is 20.5. The smallest absolute Gasteiger partial charge is 0.246 e. The molecule has 3 aromatic rings. The number of hydrogen-bond donors (Lipinski definition) is 1. The number of carbonyl (C=O) groups is 1. The summed E-state index contributed by atoms with van der Waals surface area (Å²) in [6, 6.07) is 9.24. The maximum atomic E-state index is 13.5. The van der Waals surface area contributed by atoms with Gasteiger partial charge in [0.05, 0.1) is 31.5 Å². The van der Waals surface area contributed by atoms with Gasteiger partial charge in [-0.3, -0.25) is 9.69 Å². The third-order valence-corrected chi connectivity index (χ3v) is 5.62. The summed E-state index contributed by atoms with van der Waals surface area (Å²) >= 11 is 0. The van der Waals surface area contributed by atoms with E-state index in [2.05, 4.69) is 20.3 Å². The van der Waals surface area contributed by atoms with Crippen molar-refractivity contribution in [3.05, 3.63) is 59.9 Å². The summed E-state index contributed by atoms with van der Waals surface area (Å²) in [5.74, 6) is -1.06. The highest BCUT2D eigenvalue weighted by atomic mass is 19.1. The van der Waals surface area contributed by atoms with Crippen molar-refractivity contribution in [1.82, 2.24) is 19.7 Å². The second-order valence-corrected chi connectivity index (χ2v) is 8.03. The zero-order chi connectivity index (χ0) is 22.2. The van der Waals surface area contributed by atoms with Crippen LogP contribution in [0.5, 0.6) is 0 Å². The van der Waals surface area contributed by atoms with Gasteiger partial charge in [0.2, 0.25) is 11.9 Å². The van der Waals surface area contributed by atoms with Crippen molar-refractivity contribution in [2.75, 3.05) is 43.1 Å². The van der Waals surface area contributed by atoms with E-state index in [0.717, 1.165) is 23.9 Å². The van der Waals surface area contributed by atoms with Crippen molar-refractivity contribution >= 4 is 23.2 Å². The standard InChI is InChI=1S/C22H22F2N6O2.H2/c1-14-4-17(26-22-25-13-30(27-22)19-7-15(23)6-16(24)8-19)9-18(5-14)29-3-2-28(10-21(29)31)20-11-32-12-20;/h4-9,13,20H,2-3,10-12H2,1H3,(H,26,27);1H. The van der Waals surface area contributed by atoms with Crippen LogP contribution in [0.2, 0.25) is 0 Å². The van der Waals surface area contributed by atoms with E-state index in [-0.39, 0.29) is 19.0 Å². The lowest BCUT2D eigenvalue weighted by atomic mass is 10.1. The minimum Gasteiger partial charge on any atom is -0.378 e. The molecule has 1 aromatic heterocycles. The number of ether oxygens (including phenoxy) is 1. The molecule has 32 heavy (non-hydrogen) atoms. The predicted octanol–water partition coefficient (Wildman–Crippen LogP) is 2.89. The number of amides is 1. The summed E-state index contributed by atoms with van der Waals surface area (Å²) in [5, 5.41) is 7.36. The number of piperazine rings is 1. The van der Waals surface area contributed by atoms with Crippen LogP contribution < -0.4 is 10.2 Å². The van der Waals surface area contributed by atoms with Crippen LogP contribution >= 0.6 is 0 Å². The Morgan fingerprint density at radius 1 is 1.06 bits per heavy atom. The van der Waals surface area contributed by atoms with Gasteiger partial charge in [-0.25, -0.2) is 13.5 Å². The summed E-state index contributed by atoms with van der Waals surface area (Å²) < 4.78 is 33.5. The molecular weight excluding hydrogens is 418 g/mol. The largest absolute Gasteiger partial charge is 0.378 e. The van der Waals surface area contributed by atoms with Crippen LogP contribution in [0.4, 0.5) is 26.1 Å². The van der Waals surface area contributed by atoms with E-state index in [0.29, 0.717) is 38.0 Å². The zero-order valence-electron chi connectivity index (χ0n) is 17.5. The Morgan fingerprint density at radius 2 is 1.84 bits per heavy atom. The Bertz CT molecular complexity index is 1150. The van der Waals surface area contributed by atoms with E-state index in [1.807, 2.05) is 25.1 Å². The fraction of sp³-hybridized carbons (Fsp3) is 0.318. The molecule has 168 valence electrons. The number of benzene rings is 2. The molecule has 2 fully saturated rings. The third kappa shape index (κ3) is 4.19. The number of rotatable bonds is 5. The zero-order valence-corrected chi connectivity index (χ0v) is 17.5. The summed E-state index contributed by atoms with van der Waals surface area (Å²) in [7, 11) is 0. The number of nitrogens with zero attached hydrogens (tertiary/aromatic N) is 5. The molecule has 0 atom stereocenters. The summed E-state index contributed by atoms with van der Waals surface area (Å²) in [6.07, 6.45) is 1.38. The predicted molar refractivity (Wildman–Crippen MR) is 116 cm³/mol. The average Bonchev–Trinajstić information content (AvgIpc) is 3.14. The molecule has 2 saturated heterocycles. The molecule has 0 bridgehead atoms. The molecule has 0 radical (unpaired) electrons. The summed E-state index contributed by atoms with van der Waals surface area (Å²) in [5.41, 5.74) is 2.71. The molecule has 3 heterocycles. The van der Waals surface area contributed by atoms with Gasteiger partial charge >= 0.3 is 0 Å². The van der Waals surface area contributed by atoms with E-state index >= 15 is 0 Å². The first-order valence-corrected chi connectivity index (χ1v) is 10.3. The van der Waals surface area contributed by atoms with Crippen molar-refractivity contribution in [3.63, 3.8) is 0 Å². The van der Waals surface area contributed by atoms with Crippen LogP contribution in [-0.2, 0) is 9.53 Å². The molecule has 0 unspecified atom stereocenters. The van der Waals surface area contributed by atoms with Gasteiger partial charge in [0, 0.05) is 32.0 Å². The molecule has 0 aliphatic carbocycles. The number of halogens is 2. The van der Waals surface area contributed by atoms with Crippen LogP contribution in [-0.4, -0.2) is 64.5 Å². The highest BCUT2D eigenvalue weighted by Crippen LogP contribution is 2.26. The van der Waals surface area contributed by atoms with Gasteiger partial charge in [-0.05, 0) is 42.8 Å². The van der Waals surface area contributed by atoms with Gasteiger partial charge in [-0.15, -0.1) is 5.10 Å². The lowest BCUT2D eigenvalue weighted by Crippen LogP contribution is -2.58. The van der Waals surface area contributed by atoms with Gasteiger partial charge < -0.3 is 15.0 Å². The Kier molecular flexibility index (Phi) is 5.32. The lowest BCUT2D eigenvalue weighted by molar-refractivity contribution is -0.127. The lowest BCUT2D eigenvalue weighted by Gasteiger charge is -2.42. The van der Waals surface area contributed by atoms with E-state index in [9.17, 15) is 13.6 Å². The number of anilines is 3. The first-order chi connectivity index (χ1) is 15.4. The van der Waals surface area contributed by atoms with Crippen molar-refractivity contribution in [3.8, 4) is 5.69 Å². The average molecular weight is 442 g/mol. The molecule has 8 nitrogen and oxygen atoms in total. The number of aryl methyl sites for hydroxylation is 1. The number of nitrogens with one attached hydrogen (secondary N) is 1. The molecule has 10 heteroatoms. The SMILES string of the molecule is Cc1cc(Nc2ncn(-c3cc(F)cc(F)c3)n2)cc(N2CCN(C3COC3)CC2=O)c1.[HH]. The van der Waals surface area contributed by atoms with Crippen LogP contribution in [0.1, 0.15) is 6.99 Å². The van der Waals surface area contributed by atoms with Crippen molar-refractivity contribution in [2.45, 2.75) is 13.0 Å². The van der Waals surface area contributed by atoms with Gasteiger partial charge in [-0.1, -0.05) is 0 Å². The first-order valence-electron chi connectivity index (χ1n) is 10.3. The maximum absolute atomic E-state index is 13.5. The van der Waals surface area contributed by atoms with Crippen LogP contribution in [0.3, 0.4) is 0 Å². The molecule has 2 aliphatic rings. The highest BCUT2D eigenvalue weighted by Gasteiger charge is 2.33. The summed E-state index contributed by atoms with van der Waals surface area (Å²) in [4.78, 5) is 20.9. The fourth-order valence-electron chi connectivity index (χ4n) is 3.95. The Hall–Kier alpha value is -3.37. The summed E-state index contributed by atoms with van der Waals surface area (Å²) in [6.45, 7) is 5.10. The van der Waals surface area contributed by atoms with E-state index in [1.54, 1.807) is 4.90 Å². The number of aromatic nitrogens is 3. The molecule has 5 rings (SSSR count). The normalized spacial score (nSPS) is 17.5. The number of carbonyl (C=O) groups excluding carboxylic acids is 1. The van der Waals surface area contributed by atoms with E-state index < -0.39 is 11.6 Å². The van der Waals surface area contributed by atoms with Crippen LogP contribution in [0, 0.1) is 18.6 Å².